The molecule has 1 aliphatic heterocycles. The molecule has 28 heavy (non-hydrogen) atoms. The first-order valence-electron chi connectivity index (χ1n) is 9.37. The Kier molecular flexibility index (Phi) is 7.30. The standard InChI is InChI=1S/C20H26N6S.HI/c1-15-10-17(13-26(15)12-16-6-4-3-5-7-16)23-19(21-2)22-11-18-14-25-8-9-27-20(25)24-18;/h3-9,14-15,17H,10-13H2,1-2H3,(H2,21,22,23);1H. The predicted molar refractivity (Wildman–Crippen MR) is 127 cm³/mol. The van der Waals surface area contributed by atoms with E-state index in [0.29, 0.717) is 18.6 Å². The van der Waals surface area contributed by atoms with Crippen molar-refractivity contribution in [1.29, 1.82) is 0 Å². The molecule has 2 N–H and O–H groups in total. The molecule has 1 aromatic carbocycles. The highest BCUT2D eigenvalue weighted by molar-refractivity contribution is 14.0. The van der Waals surface area contributed by atoms with E-state index in [9.17, 15) is 0 Å². The van der Waals surface area contributed by atoms with Gasteiger partial charge in [0.25, 0.3) is 0 Å². The Morgan fingerprint density at radius 1 is 1.32 bits per heavy atom. The summed E-state index contributed by atoms with van der Waals surface area (Å²) in [5.41, 5.74) is 2.39. The van der Waals surface area contributed by atoms with Gasteiger partial charge in [-0.05, 0) is 18.9 Å². The quantitative estimate of drug-likeness (QED) is 0.314. The third-order valence-electron chi connectivity index (χ3n) is 5.08. The molecular formula is C20H27IN6S. The monoisotopic (exact) mass is 510 g/mol. The van der Waals surface area contributed by atoms with Crippen molar-refractivity contribution in [2.45, 2.75) is 38.5 Å². The number of likely N-dealkylation sites (tertiary alicyclic amines) is 1. The fourth-order valence-corrected chi connectivity index (χ4v) is 4.38. The Hall–Kier alpha value is -1.65. The molecule has 4 rings (SSSR count). The van der Waals surface area contributed by atoms with Crippen molar-refractivity contribution >= 4 is 46.2 Å². The third kappa shape index (κ3) is 5.03. The summed E-state index contributed by atoms with van der Waals surface area (Å²) in [4.78, 5) is 12.6. The lowest BCUT2D eigenvalue weighted by atomic mass is 10.2. The van der Waals surface area contributed by atoms with Crippen LogP contribution in [0, 0.1) is 0 Å². The number of nitrogens with zero attached hydrogens (tertiary/aromatic N) is 4. The van der Waals surface area contributed by atoms with Crippen LogP contribution in [0.1, 0.15) is 24.6 Å². The number of nitrogens with one attached hydrogen (secondary N) is 2. The molecule has 3 heterocycles. The molecule has 1 aliphatic rings. The van der Waals surface area contributed by atoms with Gasteiger partial charge >= 0.3 is 0 Å². The van der Waals surface area contributed by atoms with Gasteiger partial charge < -0.3 is 10.6 Å². The minimum absolute atomic E-state index is 0. The van der Waals surface area contributed by atoms with Crippen molar-refractivity contribution in [3.63, 3.8) is 0 Å². The maximum atomic E-state index is 4.61. The first-order valence-corrected chi connectivity index (χ1v) is 10.3. The summed E-state index contributed by atoms with van der Waals surface area (Å²) in [5.74, 6) is 0.838. The number of benzene rings is 1. The van der Waals surface area contributed by atoms with E-state index < -0.39 is 0 Å². The van der Waals surface area contributed by atoms with Gasteiger partial charge in [-0.15, -0.1) is 35.3 Å². The molecule has 150 valence electrons. The summed E-state index contributed by atoms with van der Waals surface area (Å²) in [6.07, 6.45) is 5.21. The number of aromatic nitrogens is 2. The van der Waals surface area contributed by atoms with Crippen LogP contribution in [0.5, 0.6) is 0 Å². The fraction of sp³-hybridized carbons (Fsp3) is 0.400. The van der Waals surface area contributed by atoms with Crippen LogP contribution in [0.3, 0.4) is 0 Å². The summed E-state index contributed by atoms with van der Waals surface area (Å²) in [7, 11) is 1.82. The number of halogens is 1. The highest BCUT2D eigenvalue weighted by Gasteiger charge is 2.29. The highest BCUT2D eigenvalue weighted by Crippen LogP contribution is 2.20. The molecule has 1 saturated heterocycles. The molecule has 2 unspecified atom stereocenters. The Balaban J connectivity index is 0.00000225. The molecule has 0 radical (unpaired) electrons. The molecule has 1 fully saturated rings. The van der Waals surface area contributed by atoms with Crippen LogP contribution in [0.15, 0.2) is 53.1 Å². The van der Waals surface area contributed by atoms with E-state index in [2.05, 4.69) is 73.4 Å². The van der Waals surface area contributed by atoms with E-state index in [1.165, 1.54) is 5.56 Å². The van der Waals surface area contributed by atoms with Gasteiger partial charge in [-0.25, -0.2) is 4.98 Å². The average Bonchev–Trinajstić information content (AvgIpc) is 3.35. The maximum absolute atomic E-state index is 4.61. The zero-order chi connectivity index (χ0) is 18.6. The van der Waals surface area contributed by atoms with Crippen molar-refractivity contribution in [3.8, 4) is 0 Å². The molecular weight excluding hydrogens is 483 g/mol. The molecule has 2 aromatic heterocycles. The third-order valence-corrected chi connectivity index (χ3v) is 5.85. The van der Waals surface area contributed by atoms with Gasteiger partial charge in [0.2, 0.25) is 0 Å². The van der Waals surface area contributed by atoms with E-state index in [1.807, 2.05) is 18.6 Å². The Bertz CT molecular complexity index is 877. The van der Waals surface area contributed by atoms with E-state index in [4.69, 9.17) is 0 Å². The first kappa shape index (κ1) is 21.1. The van der Waals surface area contributed by atoms with Crippen molar-refractivity contribution in [2.75, 3.05) is 13.6 Å². The van der Waals surface area contributed by atoms with Gasteiger partial charge in [0.1, 0.15) is 0 Å². The van der Waals surface area contributed by atoms with Crippen LogP contribution in [0.4, 0.5) is 0 Å². The number of aliphatic imine (C=N–C) groups is 1. The summed E-state index contributed by atoms with van der Waals surface area (Å²) in [6.45, 7) is 5.00. The van der Waals surface area contributed by atoms with Crippen LogP contribution in [-0.4, -0.2) is 45.9 Å². The lowest BCUT2D eigenvalue weighted by molar-refractivity contribution is 0.258. The summed E-state index contributed by atoms with van der Waals surface area (Å²) < 4.78 is 2.05. The molecule has 3 aromatic rings. The summed E-state index contributed by atoms with van der Waals surface area (Å²) in [6, 6.07) is 11.6. The van der Waals surface area contributed by atoms with Crippen LogP contribution < -0.4 is 10.6 Å². The number of thiazole rings is 1. The Morgan fingerprint density at radius 3 is 2.89 bits per heavy atom. The van der Waals surface area contributed by atoms with Gasteiger partial charge in [0, 0.05) is 50.0 Å². The van der Waals surface area contributed by atoms with E-state index in [0.717, 1.165) is 36.1 Å². The molecule has 0 aliphatic carbocycles. The molecule has 2 atom stereocenters. The second-order valence-corrected chi connectivity index (χ2v) is 7.96. The second-order valence-electron chi connectivity index (χ2n) is 7.09. The van der Waals surface area contributed by atoms with Crippen LogP contribution in [-0.2, 0) is 13.1 Å². The van der Waals surface area contributed by atoms with Gasteiger partial charge in [-0.3, -0.25) is 14.3 Å². The Labute approximate surface area is 187 Å². The van der Waals surface area contributed by atoms with Crippen LogP contribution >= 0.6 is 35.3 Å². The van der Waals surface area contributed by atoms with Gasteiger partial charge in [-0.2, -0.15) is 0 Å². The van der Waals surface area contributed by atoms with E-state index in [-0.39, 0.29) is 24.0 Å². The normalized spacial score (nSPS) is 20.3. The minimum Gasteiger partial charge on any atom is -0.352 e. The van der Waals surface area contributed by atoms with Crippen molar-refractivity contribution in [3.05, 3.63) is 59.4 Å². The van der Waals surface area contributed by atoms with E-state index in [1.54, 1.807) is 11.3 Å². The number of hydrogen-bond donors (Lipinski definition) is 2. The number of guanidine groups is 1. The van der Waals surface area contributed by atoms with Crippen LogP contribution in [0.2, 0.25) is 0 Å². The average molecular weight is 510 g/mol. The SMILES string of the molecule is CN=C(NCc1cn2ccsc2n1)NC1CC(C)N(Cc2ccccc2)C1.I. The zero-order valence-electron chi connectivity index (χ0n) is 16.2. The smallest absolute Gasteiger partial charge is 0.193 e. The Morgan fingerprint density at radius 2 is 2.14 bits per heavy atom. The number of rotatable bonds is 5. The van der Waals surface area contributed by atoms with Crippen molar-refractivity contribution in [2.24, 2.45) is 4.99 Å². The predicted octanol–water partition coefficient (Wildman–Crippen LogP) is 3.34. The first-order chi connectivity index (χ1) is 13.2. The van der Waals surface area contributed by atoms with Gasteiger partial charge in [0.05, 0.1) is 12.2 Å². The number of fused-ring (bicyclic) bond motifs is 1. The molecule has 0 spiro atoms. The fourth-order valence-electron chi connectivity index (χ4n) is 3.66. The molecule has 8 heteroatoms. The topological polar surface area (TPSA) is 57.0 Å². The highest BCUT2D eigenvalue weighted by atomic mass is 127. The number of hydrogen-bond acceptors (Lipinski definition) is 4. The van der Waals surface area contributed by atoms with Gasteiger partial charge in [0.15, 0.2) is 10.9 Å². The largest absolute Gasteiger partial charge is 0.352 e. The zero-order valence-corrected chi connectivity index (χ0v) is 19.4. The lowest BCUT2D eigenvalue weighted by Gasteiger charge is -2.21. The molecule has 0 saturated carbocycles. The summed E-state index contributed by atoms with van der Waals surface area (Å²) in [5, 5.41) is 9.01. The molecule has 0 bridgehead atoms. The van der Waals surface area contributed by atoms with Gasteiger partial charge in [-0.1, -0.05) is 30.3 Å². The van der Waals surface area contributed by atoms with Crippen molar-refractivity contribution < 1.29 is 0 Å². The maximum Gasteiger partial charge on any atom is 0.193 e. The van der Waals surface area contributed by atoms with E-state index >= 15 is 0 Å². The molecule has 0 amide bonds. The second kappa shape index (κ2) is 9.71. The van der Waals surface area contributed by atoms with Crippen LogP contribution in [0.25, 0.3) is 4.96 Å². The lowest BCUT2D eigenvalue weighted by Crippen LogP contribution is -2.44. The molecule has 6 nitrogen and oxygen atoms in total. The van der Waals surface area contributed by atoms with Crippen molar-refractivity contribution in [1.82, 2.24) is 24.9 Å². The minimum atomic E-state index is 0. The number of imidazole rings is 1. The summed E-state index contributed by atoms with van der Waals surface area (Å²) >= 11 is 1.65.